The molecule has 0 saturated heterocycles. The number of carboxylic acid groups (broad SMARTS) is 1. The normalized spacial score (nSPS) is 10.1. The third-order valence-electron chi connectivity index (χ3n) is 2.59. The van der Waals surface area contributed by atoms with Gasteiger partial charge in [-0.2, -0.15) is 0 Å². The Morgan fingerprint density at radius 2 is 1.60 bits per heavy atom. The van der Waals surface area contributed by atoms with Gasteiger partial charge in [0.25, 0.3) is 5.91 Å². The van der Waals surface area contributed by atoms with Gasteiger partial charge in [-0.3, -0.25) is 4.79 Å². The zero-order valence-corrected chi connectivity index (χ0v) is 11.6. The average Bonchev–Trinajstić information content (AvgIpc) is 2.38. The predicted octanol–water partition coefficient (Wildman–Crippen LogP) is 3.94. The van der Waals surface area contributed by atoms with E-state index < -0.39 is 11.9 Å². The Bertz CT molecular complexity index is 686. The van der Waals surface area contributed by atoms with E-state index in [1.54, 1.807) is 30.3 Å². The summed E-state index contributed by atoms with van der Waals surface area (Å²) in [5.74, 6) is -1.72. The van der Waals surface area contributed by atoms with E-state index in [-0.39, 0.29) is 26.9 Å². The second-order valence-electron chi connectivity index (χ2n) is 3.90. The van der Waals surface area contributed by atoms with E-state index >= 15 is 0 Å². The Morgan fingerprint density at radius 1 is 0.950 bits per heavy atom. The van der Waals surface area contributed by atoms with E-state index in [4.69, 9.17) is 28.3 Å². The maximum absolute atomic E-state index is 12.1. The number of benzene rings is 2. The fraction of sp³-hybridized carbons (Fsp3) is 0. The first-order valence-corrected chi connectivity index (χ1v) is 6.34. The smallest absolute Gasteiger partial charge is 0.339 e. The Hall–Kier alpha value is -2.04. The van der Waals surface area contributed by atoms with Crippen molar-refractivity contribution in [1.29, 1.82) is 0 Å². The molecule has 4 nitrogen and oxygen atoms in total. The Labute approximate surface area is 124 Å². The maximum Gasteiger partial charge on any atom is 0.339 e. The van der Waals surface area contributed by atoms with Gasteiger partial charge in [-0.15, -0.1) is 0 Å². The first kappa shape index (κ1) is 14.4. The minimum atomic E-state index is -1.22. The van der Waals surface area contributed by atoms with Crippen molar-refractivity contribution in [2.24, 2.45) is 0 Å². The van der Waals surface area contributed by atoms with Crippen LogP contribution in [0.2, 0.25) is 10.0 Å². The van der Waals surface area contributed by atoms with Crippen molar-refractivity contribution in [1.82, 2.24) is 0 Å². The lowest BCUT2D eigenvalue weighted by atomic mass is 10.1. The van der Waals surface area contributed by atoms with Crippen molar-refractivity contribution in [2.45, 2.75) is 0 Å². The van der Waals surface area contributed by atoms with Crippen molar-refractivity contribution < 1.29 is 14.7 Å². The Balaban J connectivity index is 2.36. The van der Waals surface area contributed by atoms with Gasteiger partial charge >= 0.3 is 5.97 Å². The number of aromatic carboxylic acids is 1. The molecule has 0 atom stereocenters. The topological polar surface area (TPSA) is 66.4 Å². The van der Waals surface area contributed by atoms with Crippen LogP contribution in [0.1, 0.15) is 20.7 Å². The highest BCUT2D eigenvalue weighted by atomic mass is 35.5. The molecule has 0 saturated carbocycles. The van der Waals surface area contributed by atoms with Crippen LogP contribution in [0.15, 0.2) is 42.5 Å². The number of carbonyl (C=O) groups is 2. The lowest BCUT2D eigenvalue weighted by molar-refractivity contribution is 0.0698. The van der Waals surface area contributed by atoms with Gasteiger partial charge in [-0.05, 0) is 24.3 Å². The van der Waals surface area contributed by atoms with Gasteiger partial charge in [0.05, 0.1) is 21.3 Å². The summed E-state index contributed by atoms with van der Waals surface area (Å²) in [4.78, 5) is 23.3. The molecular formula is C14H9Cl2NO3. The molecule has 2 N–H and O–H groups in total. The van der Waals surface area contributed by atoms with Gasteiger partial charge in [-0.1, -0.05) is 41.4 Å². The SMILES string of the molecule is O=C(Nc1cccc(Cl)c1C(=O)O)c1ccccc1Cl. The molecule has 0 bridgehead atoms. The monoisotopic (exact) mass is 309 g/mol. The van der Waals surface area contributed by atoms with Crippen molar-refractivity contribution in [2.75, 3.05) is 5.32 Å². The molecule has 0 unspecified atom stereocenters. The quantitative estimate of drug-likeness (QED) is 0.902. The summed E-state index contributed by atoms with van der Waals surface area (Å²) in [5.41, 5.74) is 0.218. The van der Waals surface area contributed by atoms with Crippen molar-refractivity contribution in [3.05, 3.63) is 63.6 Å². The van der Waals surface area contributed by atoms with E-state index in [1.807, 2.05) is 0 Å². The Morgan fingerprint density at radius 3 is 2.25 bits per heavy atom. The number of hydrogen-bond acceptors (Lipinski definition) is 2. The van der Waals surface area contributed by atoms with E-state index in [0.717, 1.165) is 0 Å². The number of amides is 1. The minimum Gasteiger partial charge on any atom is -0.478 e. The van der Waals surface area contributed by atoms with Crippen molar-refractivity contribution in [3.8, 4) is 0 Å². The fourth-order valence-corrected chi connectivity index (χ4v) is 2.16. The maximum atomic E-state index is 12.1. The molecule has 0 aliphatic heterocycles. The van der Waals surface area contributed by atoms with Crippen LogP contribution in [0.4, 0.5) is 5.69 Å². The van der Waals surface area contributed by atoms with E-state index in [0.29, 0.717) is 0 Å². The summed E-state index contributed by atoms with van der Waals surface area (Å²) in [7, 11) is 0. The average molecular weight is 310 g/mol. The lowest BCUT2D eigenvalue weighted by Crippen LogP contribution is -2.15. The standard InChI is InChI=1S/C14H9Cl2NO3/c15-9-5-2-1-4-8(9)13(18)17-11-7-3-6-10(16)12(11)14(19)20/h1-7H,(H,17,18)(H,19,20). The molecule has 0 radical (unpaired) electrons. The molecule has 2 rings (SSSR count). The molecule has 1 amide bonds. The third-order valence-corrected chi connectivity index (χ3v) is 3.24. The zero-order chi connectivity index (χ0) is 14.7. The summed E-state index contributed by atoms with van der Waals surface area (Å²) in [6.07, 6.45) is 0. The number of carboxylic acids is 1. The van der Waals surface area contributed by atoms with Crippen LogP contribution in [0.3, 0.4) is 0 Å². The second kappa shape index (κ2) is 5.94. The lowest BCUT2D eigenvalue weighted by Gasteiger charge is -2.10. The second-order valence-corrected chi connectivity index (χ2v) is 4.72. The molecule has 0 spiro atoms. The van der Waals surface area contributed by atoms with E-state index in [9.17, 15) is 9.59 Å². The molecule has 6 heteroatoms. The van der Waals surface area contributed by atoms with Crippen LogP contribution in [0.5, 0.6) is 0 Å². The number of rotatable bonds is 3. The molecule has 0 aliphatic carbocycles. The fourth-order valence-electron chi connectivity index (χ4n) is 1.68. The molecule has 0 aromatic heterocycles. The van der Waals surface area contributed by atoms with Gasteiger partial charge in [0, 0.05) is 0 Å². The summed E-state index contributed by atoms with van der Waals surface area (Å²) >= 11 is 11.7. The van der Waals surface area contributed by atoms with Gasteiger partial charge in [0.15, 0.2) is 0 Å². The predicted molar refractivity (Wildman–Crippen MR) is 77.8 cm³/mol. The van der Waals surface area contributed by atoms with Crippen molar-refractivity contribution >= 4 is 40.8 Å². The summed E-state index contributed by atoms with van der Waals surface area (Å²) in [5, 5.41) is 12.0. The third kappa shape index (κ3) is 2.92. The number of carbonyl (C=O) groups excluding carboxylic acids is 1. The molecule has 2 aromatic rings. The first-order chi connectivity index (χ1) is 9.50. The number of hydrogen-bond donors (Lipinski definition) is 2. The molecule has 0 aliphatic rings. The molecule has 102 valence electrons. The molecule has 20 heavy (non-hydrogen) atoms. The zero-order valence-electron chi connectivity index (χ0n) is 10.1. The van der Waals surface area contributed by atoms with Crippen LogP contribution in [0.25, 0.3) is 0 Å². The van der Waals surface area contributed by atoms with E-state index in [1.165, 1.54) is 12.1 Å². The summed E-state index contributed by atoms with van der Waals surface area (Å²) in [6, 6.07) is 10.9. The highest BCUT2D eigenvalue weighted by Crippen LogP contribution is 2.25. The number of halogens is 2. The highest BCUT2D eigenvalue weighted by molar-refractivity contribution is 6.35. The van der Waals surface area contributed by atoms with Crippen LogP contribution >= 0.6 is 23.2 Å². The molecule has 0 heterocycles. The molecular weight excluding hydrogens is 301 g/mol. The van der Waals surface area contributed by atoms with Crippen LogP contribution in [-0.2, 0) is 0 Å². The van der Waals surface area contributed by atoms with E-state index in [2.05, 4.69) is 5.32 Å². The van der Waals surface area contributed by atoms with Gasteiger partial charge in [0.1, 0.15) is 5.56 Å². The van der Waals surface area contributed by atoms with Crippen molar-refractivity contribution in [3.63, 3.8) is 0 Å². The van der Waals surface area contributed by atoms with Crippen LogP contribution in [0, 0.1) is 0 Å². The Kier molecular flexibility index (Phi) is 4.27. The molecule has 0 fully saturated rings. The van der Waals surface area contributed by atoms with Gasteiger partial charge in [-0.25, -0.2) is 4.79 Å². The highest BCUT2D eigenvalue weighted by Gasteiger charge is 2.17. The number of anilines is 1. The summed E-state index contributed by atoms with van der Waals surface area (Å²) in [6.45, 7) is 0. The summed E-state index contributed by atoms with van der Waals surface area (Å²) < 4.78 is 0. The van der Waals surface area contributed by atoms with Gasteiger partial charge in [0.2, 0.25) is 0 Å². The van der Waals surface area contributed by atoms with Crippen LogP contribution < -0.4 is 5.32 Å². The minimum absolute atomic E-state index is 0.0504. The largest absolute Gasteiger partial charge is 0.478 e. The number of nitrogens with one attached hydrogen (secondary N) is 1. The van der Waals surface area contributed by atoms with Gasteiger partial charge < -0.3 is 10.4 Å². The first-order valence-electron chi connectivity index (χ1n) is 5.58. The molecule has 2 aromatic carbocycles. The van der Waals surface area contributed by atoms with Crippen LogP contribution in [-0.4, -0.2) is 17.0 Å².